The normalized spacial score (nSPS) is 10.3. The van der Waals surface area contributed by atoms with E-state index in [1.807, 2.05) is 19.1 Å². The SMILES string of the molecule is CCOc1cc(C(=O)NNC(=O)c2cc(Br)c[nH]2)ccc1OCc1ccncc1. The molecule has 0 fully saturated rings. The summed E-state index contributed by atoms with van der Waals surface area (Å²) in [5.41, 5.74) is 6.32. The van der Waals surface area contributed by atoms with Crippen LogP contribution in [-0.4, -0.2) is 28.4 Å². The van der Waals surface area contributed by atoms with Gasteiger partial charge in [0.2, 0.25) is 0 Å². The number of pyridine rings is 1. The number of aromatic amines is 1. The van der Waals surface area contributed by atoms with Gasteiger partial charge in [-0.05, 0) is 64.8 Å². The highest BCUT2D eigenvalue weighted by Gasteiger charge is 2.14. The fourth-order valence-electron chi connectivity index (χ4n) is 2.43. The quantitative estimate of drug-likeness (QED) is 0.471. The van der Waals surface area contributed by atoms with Gasteiger partial charge in [-0.25, -0.2) is 0 Å². The Balaban J connectivity index is 1.64. The number of nitrogens with zero attached hydrogens (tertiary/aromatic N) is 1. The second-order valence-corrected chi connectivity index (χ2v) is 6.79. The molecular formula is C20H19BrN4O4. The summed E-state index contributed by atoms with van der Waals surface area (Å²) in [6, 6.07) is 10.1. The van der Waals surface area contributed by atoms with Crippen molar-refractivity contribution in [1.29, 1.82) is 0 Å². The van der Waals surface area contributed by atoms with E-state index in [0.717, 1.165) is 10.0 Å². The van der Waals surface area contributed by atoms with E-state index in [1.165, 1.54) is 0 Å². The summed E-state index contributed by atoms with van der Waals surface area (Å²) >= 11 is 3.25. The molecule has 9 heteroatoms. The molecule has 0 saturated carbocycles. The summed E-state index contributed by atoms with van der Waals surface area (Å²) < 4.78 is 12.1. The molecule has 0 atom stereocenters. The van der Waals surface area contributed by atoms with Gasteiger partial charge in [0.1, 0.15) is 12.3 Å². The number of ether oxygens (including phenoxy) is 2. The van der Waals surface area contributed by atoms with Crippen LogP contribution in [0.1, 0.15) is 33.3 Å². The Morgan fingerprint density at radius 3 is 2.48 bits per heavy atom. The van der Waals surface area contributed by atoms with Crippen molar-refractivity contribution in [2.45, 2.75) is 13.5 Å². The number of rotatable bonds is 7. The van der Waals surface area contributed by atoms with Crippen LogP contribution in [0.2, 0.25) is 0 Å². The van der Waals surface area contributed by atoms with E-state index in [4.69, 9.17) is 9.47 Å². The third kappa shape index (κ3) is 5.58. The average Bonchev–Trinajstić information content (AvgIpc) is 3.18. The van der Waals surface area contributed by atoms with Gasteiger partial charge in [-0.1, -0.05) is 0 Å². The number of aromatic nitrogens is 2. The molecule has 150 valence electrons. The smallest absolute Gasteiger partial charge is 0.286 e. The van der Waals surface area contributed by atoms with E-state index >= 15 is 0 Å². The average molecular weight is 459 g/mol. The van der Waals surface area contributed by atoms with E-state index in [0.29, 0.717) is 36.0 Å². The van der Waals surface area contributed by atoms with Gasteiger partial charge in [0, 0.05) is 28.6 Å². The molecule has 3 aromatic rings. The molecule has 0 spiro atoms. The summed E-state index contributed by atoms with van der Waals surface area (Å²) in [4.78, 5) is 31.1. The largest absolute Gasteiger partial charge is 0.490 e. The van der Waals surface area contributed by atoms with Crippen LogP contribution in [0, 0.1) is 0 Å². The summed E-state index contributed by atoms with van der Waals surface area (Å²) in [7, 11) is 0. The molecule has 2 aromatic heterocycles. The molecule has 0 unspecified atom stereocenters. The first-order valence-electron chi connectivity index (χ1n) is 8.80. The van der Waals surface area contributed by atoms with Gasteiger partial charge < -0.3 is 14.5 Å². The Kier molecular flexibility index (Phi) is 6.85. The molecule has 0 saturated heterocycles. The molecule has 0 aliphatic rings. The van der Waals surface area contributed by atoms with Crippen LogP contribution >= 0.6 is 15.9 Å². The van der Waals surface area contributed by atoms with E-state index in [-0.39, 0.29) is 0 Å². The minimum atomic E-state index is -0.481. The number of H-pyrrole nitrogens is 1. The third-order valence-corrected chi connectivity index (χ3v) is 4.29. The monoisotopic (exact) mass is 458 g/mol. The molecule has 0 radical (unpaired) electrons. The number of amides is 2. The Bertz CT molecular complexity index is 991. The zero-order valence-corrected chi connectivity index (χ0v) is 17.2. The van der Waals surface area contributed by atoms with E-state index in [1.54, 1.807) is 42.9 Å². The van der Waals surface area contributed by atoms with Crippen molar-refractivity contribution in [3.05, 3.63) is 76.3 Å². The third-order valence-electron chi connectivity index (χ3n) is 3.83. The molecule has 0 aliphatic carbocycles. The lowest BCUT2D eigenvalue weighted by Crippen LogP contribution is -2.41. The Labute approximate surface area is 175 Å². The van der Waals surface area contributed by atoms with Crippen molar-refractivity contribution in [3.8, 4) is 11.5 Å². The predicted molar refractivity (Wildman–Crippen MR) is 110 cm³/mol. The number of hydrogen-bond acceptors (Lipinski definition) is 5. The number of hydrogen-bond donors (Lipinski definition) is 3. The van der Waals surface area contributed by atoms with Crippen molar-refractivity contribution < 1.29 is 19.1 Å². The number of nitrogens with one attached hydrogen (secondary N) is 3. The number of carbonyl (C=O) groups excluding carboxylic acids is 2. The maximum Gasteiger partial charge on any atom is 0.286 e. The zero-order chi connectivity index (χ0) is 20.6. The van der Waals surface area contributed by atoms with Crippen molar-refractivity contribution in [1.82, 2.24) is 20.8 Å². The molecule has 3 rings (SSSR count). The van der Waals surface area contributed by atoms with Gasteiger partial charge in [0.15, 0.2) is 11.5 Å². The van der Waals surface area contributed by atoms with Crippen LogP contribution < -0.4 is 20.3 Å². The van der Waals surface area contributed by atoms with Gasteiger partial charge in [-0.15, -0.1) is 0 Å². The molecule has 2 heterocycles. The minimum Gasteiger partial charge on any atom is -0.490 e. The summed E-state index contributed by atoms with van der Waals surface area (Å²) in [6.07, 6.45) is 5.00. The van der Waals surface area contributed by atoms with Crippen molar-refractivity contribution in [2.75, 3.05) is 6.61 Å². The molecule has 29 heavy (non-hydrogen) atoms. The second kappa shape index (κ2) is 9.74. The molecule has 2 amide bonds. The Morgan fingerprint density at radius 1 is 1.03 bits per heavy atom. The van der Waals surface area contributed by atoms with E-state index < -0.39 is 11.8 Å². The van der Waals surface area contributed by atoms with Gasteiger partial charge in [-0.3, -0.25) is 25.4 Å². The van der Waals surface area contributed by atoms with Crippen LogP contribution in [0.25, 0.3) is 0 Å². The predicted octanol–water partition coefficient (Wildman–Crippen LogP) is 3.22. The molecule has 3 N–H and O–H groups in total. The summed E-state index contributed by atoms with van der Waals surface area (Å²) in [5, 5.41) is 0. The maximum absolute atomic E-state index is 12.4. The lowest BCUT2D eigenvalue weighted by Gasteiger charge is -2.13. The first-order chi connectivity index (χ1) is 14.1. The van der Waals surface area contributed by atoms with Crippen molar-refractivity contribution in [3.63, 3.8) is 0 Å². The van der Waals surface area contributed by atoms with Gasteiger partial charge >= 0.3 is 0 Å². The summed E-state index contributed by atoms with van der Waals surface area (Å²) in [5.74, 6) is 0.00584. The number of carbonyl (C=O) groups is 2. The van der Waals surface area contributed by atoms with Crippen molar-refractivity contribution >= 4 is 27.7 Å². The van der Waals surface area contributed by atoms with E-state index in [9.17, 15) is 9.59 Å². The van der Waals surface area contributed by atoms with Crippen LogP contribution in [0.15, 0.2) is 59.5 Å². The molecule has 8 nitrogen and oxygen atoms in total. The number of benzene rings is 1. The number of hydrazine groups is 1. The topological polar surface area (TPSA) is 105 Å². The Morgan fingerprint density at radius 2 is 1.79 bits per heavy atom. The van der Waals surface area contributed by atoms with Crippen LogP contribution in [0.3, 0.4) is 0 Å². The minimum absolute atomic E-state index is 0.312. The molecular weight excluding hydrogens is 440 g/mol. The molecule has 0 aliphatic heterocycles. The highest BCUT2D eigenvalue weighted by molar-refractivity contribution is 9.10. The first kappa shape index (κ1) is 20.4. The lowest BCUT2D eigenvalue weighted by atomic mass is 10.2. The van der Waals surface area contributed by atoms with Crippen LogP contribution in [0.4, 0.5) is 0 Å². The highest BCUT2D eigenvalue weighted by Crippen LogP contribution is 2.29. The van der Waals surface area contributed by atoms with Crippen molar-refractivity contribution in [2.24, 2.45) is 0 Å². The second-order valence-electron chi connectivity index (χ2n) is 5.88. The van der Waals surface area contributed by atoms with Gasteiger partial charge in [0.05, 0.1) is 6.61 Å². The van der Waals surface area contributed by atoms with Gasteiger partial charge in [0.25, 0.3) is 11.8 Å². The molecule has 1 aromatic carbocycles. The van der Waals surface area contributed by atoms with Crippen LogP contribution in [-0.2, 0) is 6.61 Å². The highest BCUT2D eigenvalue weighted by atomic mass is 79.9. The fraction of sp³-hybridized carbons (Fsp3) is 0.150. The van der Waals surface area contributed by atoms with Gasteiger partial charge in [-0.2, -0.15) is 0 Å². The molecule has 0 bridgehead atoms. The fourth-order valence-corrected chi connectivity index (χ4v) is 2.77. The Hall–Kier alpha value is -3.33. The first-order valence-corrected chi connectivity index (χ1v) is 9.59. The summed E-state index contributed by atoms with van der Waals surface area (Å²) in [6.45, 7) is 2.60. The maximum atomic E-state index is 12.4. The van der Waals surface area contributed by atoms with Crippen LogP contribution in [0.5, 0.6) is 11.5 Å². The van der Waals surface area contributed by atoms with E-state index in [2.05, 4.69) is 36.7 Å². The lowest BCUT2D eigenvalue weighted by molar-refractivity contribution is 0.0844. The standard InChI is InChI=1S/C20H19BrN4O4/c1-2-28-18-9-14(3-4-17(18)29-12-13-5-7-22-8-6-13)19(26)24-25-20(27)16-10-15(21)11-23-16/h3-11,23H,2,12H2,1H3,(H,24,26)(H,25,27). The number of halogens is 1. The zero-order valence-electron chi connectivity index (χ0n) is 15.6.